The van der Waals surface area contributed by atoms with Gasteiger partial charge in [-0.1, -0.05) is 76.2 Å². The number of carbonyl (C=O) groups is 3. The van der Waals surface area contributed by atoms with Crippen molar-refractivity contribution >= 4 is 24.8 Å². The molecule has 44 heavy (non-hydrogen) atoms. The third kappa shape index (κ3) is 5.36. The van der Waals surface area contributed by atoms with Crippen LogP contribution in [0.25, 0.3) is 11.1 Å². The van der Waals surface area contributed by atoms with E-state index in [1.54, 1.807) is 0 Å². The zero-order valence-corrected chi connectivity index (χ0v) is 26.8. The first-order chi connectivity index (χ1) is 20.9. The molecule has 0 radical (unpaired) electrons. The zero-order chi connectivity index (χ0) is 31.4. The van der Waals surface area contributed by atoms with E-state index < -0.39 is 30.6 Å². The lowest BCUT2D eigenvalue weighted by Gasteiger charge is -2.64. The van der Waals surface area contributed by atoms with E-state index in [2.05, 4.69) is 74.8 Å². The van der Waals surface area contributed by atoms with E-state index in [0.717, 1.165) is 35.1 Å². The number of amides is 3. The van der Waals surface area contributed by atoms with Crippen LogP contribution < -0.4 is 16.0 Å². The minimum Gasteiger partial charge on any atom is -0.404 e. The fourth-order valence-corrected chi connectivity index (χ4v) is 8.52. The molecule has 1 aliphatic heterocycles. The first-order valence-electron chi connectivity index (χ1n) is 16.2. The molecule has 3 amide bonds. The number of carbonyl (C=O) groups excluding carboxylic acids is 3. The Kier molecular flexibility index (Phi) is 8.16. The second kappa shape index (κ2) is 11.6. The highest BCUT2D eigenvalue weighted by Gasteiger charge is 2.68. The fraction of sp³-hybridized carbons (Fsp3) is 0.571. The van der Waals surface area contributed by atoms with E-state index in [0.29, 0.717) is 18.3 Å². The number of hydrogen-bond donors (Lipinski definition) is 3. The molecule has 6 atom stereocenters. The smallest absolute Gasteiger partial charge is 0.404 e. The number of fused-ring (bicyclic) bond motifs is 3. The van der Waals surface area contributed by atoms with Crippen LogP contribution in [0.15, 0.2) is 48.5 Å². The lowest BCUT2D eigenvalue weighted by Crippen LogP contribution is -2.65. The predicted molar refractivity (Wildman–Crippen MR) is 170 cm³/mol. The van der Waals surface area contributed by atoms with Gasteiger partial charge in [0.05, 0.1) is 24.1 Å². The number of benzene rings is 2. The number of rotatable bonds is 10. The SMILES string of the molecule is CNC(=O)C[C@H](NC(=O)CC1c2ccccc2-c2ccccc21)C(=O)N[C@@H](CC(C)C)B1O[C@@H]2C[C@@H]3C[C@@H](C3(C)C)[C@]2(C)O1. The molecule has 4 aliphatic carbocycles. The van der Waals surface area contributed by atoms with Gasteiger partial charge < -0.3 is 25.3 Å². The van der Waals surface area contributed by atoms with E-state index in [4.69, 9.17) is 9.31 Å². The predicted octanol–water partition coefficient (Wildman–Crippen LogP) is 4.61. The van der Waals surface area contributed by atoms with Gasteiger partial charge in [-0.05, 0) is 71.6 Å². The van der Waals surface area contributed by atoms with Crippen LogP contribution in [0.5, 0.6) is 0 Å². The molecule has 0 spiro atoms. The van der Waals surface area contributed by atoms with Crippen molar-refractivity contribution in [3.05, 3.63) is 59.7 Å². The minimum absolute atomic E-state index is 0.00521. The van der Waals surface area contributed by atoms with Crippen molar-refractivity contribution in [2.45, 2.75) is 96.3 Å². The Balaban J connectivity index is 1.17. The van der Waals surface area contributed by atoms with Crippen molar-refractivity contribution in [3.8, 4) is 11.1 Å². The Labute approximate surface area is 261 Å². The summed E-state index contributed by atoms with van der Waals surface area (Å²) in [6, 6.07) is 15.2. The molecule has 1 saturated heterocycles. The van der Waals surface area contributed by atoms with Crippen molar-refractivity contribution < 1.29 is 23.7 Å². The minimum atomic E-state index is -1.03. The van der Waals surface area contributed by atoms with E-state index in [-0.39, 0.29) is 48.0 Å². The Morgan fingerprint density at radius 3 is 2.16 bits per heavy atom. The Morgan fingerprint density at radius 1 is 0.932 bits per heavy atom. The van der Waals surface area contributed by atoms with E-state index >= 15 is 0 Å². The van der Waals surface area contributed by atoms with Crippen LogP contribution in [-0.2, 0) is 23.7 Å². The van der Waals surface area contributed by atoms with Gasteiger partial charge in [0.1, 0.15) is 6.04 Å². The van der Waals surface area contributed by atoms with Crippen LogP contribution in [-0.4, -0.2) is 55.6 Å². The van der Waals surface area contributed by atoms with Crippen LogP contribution in [0.4, 0.5) is 0 Å². The quantitative estimate of drug-likeness (QED) is 0.346. The molecule has 2 aromatic carbocycles. The zero-order valence-electron chi connectivity index (χ0n) is 26.8. The topological polar surface area (TPSA) is 106 Å². The monoisotopic (exact) mass is 599 g/mol. The molecule has 1 heterocycles. The Morgan fingerprint density at radius 2 is 1.57 bits per heavy atom. The largest absolute Gasteiger partial charge is 0.481 e. The summed E-state index contributed by atoms with van der Waals surface area (Å²) in [7, 11) is 0.942. The molecule has 0 unspecified atom stereocenters. The summed E-state index contributed by atoms with van der Waals surface area (Å²) in [5.41, 5.74) is 4.27. The van der Waals surface area contributed by atoms with Gasteiger partial charge in [0, 0.05) is 19.4 Å². The molecule has 2 aromatic rings. The normalized spacial score (nSPS) is 27.4. The van der Waals surface area contributed by atoms with Gasteiger partial charge in [-0.2, -0.15) is 0 Å². The summed E-state index contributed by atoms with van der Waals surface area (Å²) in [5.74, 6) is -0.250. The standard InChI is InChI=1S/C35H46BN3O5/c1-20(2)15-30(36-43-29-17-21-16-28(34(21,3)4)35(29,5)44-36)39-33(42)27(19-31(40)37-6)38-32(41)18-26-24-13-9-7-11-22(24)23-12-8-10-14-25(23)26/h7-14,20-21,26-30H,15-19H2,1-6H3,(H,37,40)(H,38,41)(H,39,42)/t21-,27-,28-,29+,30-,35-/m0/s1. The average Bonchev–Trinajstić information content (AvgIpc) is 3.51. The highest BCUT2D eigenvalue weighted by atomic mass is 16.7. The van der Waals surface area contributed by atoms with Crippen LogP contribution in [0.2, 0.25) is 0 Å². The van der Waals surface area contributed by atoms with E-state index in [9.17, 15) is 14.4 Å². The van der Waals surface area contributed by atoms with Crippen molar-refractivity contribution in [2.24, 2.45) is 23.2 Å². The Bertz CT molecular complexity index is 1400. The number of nitrogens with one attached hydrogen (secondary N) is 3. The van der Waals surface area contributed by atoms with Gasteiger partial charge in [0.25, 0.3) is 0 Å². The second-order valence-electron chi connectivity index (χ2n) is 14.5. The van der Waals surface area contributed by atoms with Crippen molar-refractivity contribution in [1.29, 1.82) is 0 Å². The molecule has 234 valence electrons. The molecule has 2 bridgehead atoms. The molecule has 3 saturated carbocycles. The third-order valence-corrected chi connectivity index (χ3v) is 11.0. The maximum atomic E-state index is 13.9. The second-order valence-corrected chi connectivity index (χ2v) is 14.5. The van der Waals surface area contributed by atoms with Crippen molar-refractivity contribution in [1.82, 2.24) is 16.0 Å². The van der Waals surface area contributed by atoms with E-state index in [1.807, 2.05) is 24.3 Å². The highest BCUT2D eigenvalue weighted by Crippen LogP contribution is 2.65. The van der Waals surface area contributed by atoms with Crippen molar-refractivity contribution in [3.63, 3.8) is 0 Å². The summed E-state index contributed by atoms with van der Waals surface area (Å²) in [6.45, 7) is 11.0. The van der Waals surface area contributed by atoms with Crippen molar-refractivity contribution in [2.75, 3.05) is 7.05 Å². The summed E-state index contributed by atoms with van der Waals surface area (Å²) < 4.78 is 13.3. The molecular weight excluding hydrogens is 553 g/mol. The van der Waals surface area contributed by atoms with Gasteiger partial charge in [0.2, 0.25) is 17.7 Å². The van der Waals surface area contributed by atoms with E-state index in [1.165, 1.54) is 7.05 Å². The molecular formula is C35H46BN3O5. The molecule has 8 nitrogen and oxygen atoms in total. The summed E-state index contributed by atoms with van der Waals surface area (Å²) in [6.07, 6.45) is 2.76. The molecule has 7 rings (SSSR count). The lowest BCUT2D eigenvalue weighted by atomic mass is 9.43. The van der Waals surface area contributed by atoms with Crippen LogP contribution in [0, 0.1) is 23.2 Å². The van der Waals surface area contributed by atoms with Gasteiger partial charge in [0.15, 0.2) is 0 Å². The molecule has 5 aliphatic rings. The fourth-order valence-electron chi connectivity index (χ4n) is 8.52. The third-order valence-electron chi connectivity index (χ3n) is 11.0. The maximum absolute atomic E-state index is 13.9. The maximum Gasteiger partial charge on any atom is 0.481 e. The highest BCUT2D eigenvalue weighted by molar-refractivity contribution is 6.48. The summed E-state index contributed by atoms with van der Waals surface area (Å²) in [4.78, 5) is 40.0. The van der Waals surface area contributed by atoms with Gasteiger partial charge in [-0.15, -0.1) is 0 Å². The molecule has 4 fully saturated rings. The molecule has 3 N–H and O–H groups in total. The van der Waals surface area contributed by atoms with Crippen LogP contribution in [0.3, 0.4) is 0 Å². The molecule has 9 heteroatoms. The van der Waals surface area contributed by atoms with Crippen LogP contribution in [0.1, 0.15) is 83.8 Å². The summed E-state index contributed by atoms with van der Waals surface area (Å²) >= 11 is 0. The number of hydrogen-bond acceptors (Lipinski definition) is 5. The van der Waals surface area contributed by atoms with Gasteiger partial charge >= 0.3 is 7.12 Å². The molecule has 0 aromatic heterocycles. The average molecular weight is 600 g/mol. The van der Waals surface area contributed by atoms with Gasteiger partial charge in [-0.25, -0.2) is 0 Å². The first-order valence-corrected chi connectivity index (χ1v) is 16.2. The Hall–Kier alpha value is -3.17. The first kappa shape index (κ1) is 30.8. The lowest BCUT2D eigenvalue weighted by molar-refractivity contribution is -0.199. The summed E-state index contributed by atoms with van der Waals surface area (Å²) in [5, 5.41) is 8.65. The van der Waals surface area contributed by atoms with Gasteiger partial charge in [-0.3, -0.25) is 14.4 Å². The van der Waals surface area contributed by atoms with Crippen LogP contribution >= 0.6 is 0 Å².